The van der Waals surface area contributed by atoms with E-state index in [1.54, 1.807) is 7.11 Å². The molecule has 0 amide bonds. The minimum absolute atomic E-state index is 0.189. The lowest BCUT2D eigenvalue weighted by molar-refractivity contribution is -0.0635. The maximum absolute atomic E-state index is 10.8. The zero-order valence-corrected chi connectivity index (χ0v) is 11.0. The van der Waals surface area contributed by atoms with Gasteiger partial charge in [-0.05, 0) is 44.2 Å². The van der Waals surface area contributed by atoms with Crippen LogP contribution < -0.4 is 0 Å². The van der Waals surface area contributed by atoms with Crippen molar-refractivity contribution >= 4 is 0 Å². The zero-order valence-electron chi connectivity index (χ0n) is 11.0. The minimum atomic E-state index is -0.698. The zero-order chi connectivity index (χ0) is 12.5. The van der Waals surface area contributed by atoms with Crippen molar-refractivity contribution in [3.05, 3.63) is 34.9 Å². The SMILES string of the molecule is COC1CCCC(O)(c2ccc(C)cc2C)C1. The summed E-state index contributed by atoms with van der Waals surface area (Å²) >= 11 is 0. The Morgan fingerprint density at radius 2 is 2.12 bits per heavy atom. The van der Waals surface area contributed by atoms with Gasteiger partial charge in [0.1, 0.15) is 0 Å². The van der Waals surface area contributed by atoms with Crippen molar-refractivity contribution in [1.29, 1.82) is 0 Å². The Hall–Kier alpha value is -0.860. The Bertz CT molecular complexity index is 400. The van der Waals surface area contributed by atoms with Gasteiger partial charge >= 0.3 is 0 Å². The van der Waals surface area contributed by atoms with Crippen LogP contribution >= 0.6 is 0 Å². The molecule has 0 aromatic heterocycles. The molecule has 94 valence electrons. The lowest BCUT2D eigenvalue weighted by Crippen LogP contribution is -2.36. The fourth-order valence-corrected chi connectivity index (χ4v) is 2.98. The van der Waals surface area contributed by atoms with E-state index in [2.05, 4.69) is 32.0 Å². The average Bonchev–Trinajstić information content (AvgIpc) is 2.28. The molecule has 1 saturated carbocycles. The van der Waals surface area contributed by atoms with Crippen LogP contribution in [0.4, 0.5) is 0 Å². The fraction of sp³-hybridized carbons (Fsp3) is 0.600. The van der Waals surface area contributed by atoms with Crippen molar-refractivity contribution in [3.63, 3.8) is 0 Å². The number of hydrogen-bond donors (Lipinski definition) is 1. The normalized spacial score (nSPS) is 29.3. The average molecular weight is 234 g/mol. The van der Waals surface area contributed by atoms with Crippen molar-refractivity contribution in [2.45, 2.75) is 51.2 Å². The van der Waals surface area contributed by atoms with Crippen molar-refractivity contribution in [2.24, 2.45) is 0 Å². The Balaban J connectivity index is 2.30. The second-order valence-electron chi connectivity index (χ2n) is 5.30. The lowest BCUT2D eigenvalue weighted by Gasteiger charge is -2.37. The molecule has 0 bridgehead atoms. The van der Waals surface area contributed by atoms with E-state index in [0.717, 1.165) is 24.8 Å². The van der Waals surface area contributed by atoms with Gasteiger partial charge in [-0.2, -0.15) is 0 Å². The first-order valence-corrected chi connectivity index (χ1v) is 6.38. The summed E-state index contributed by atoms with van der Waals surface area (Å²) in [5.74, 6) is 0. The van der Waals surface area contributed by atoms with E-state index in [-0.39, 0.29) is 6.10 Å². The first kappa shape index (κ1) is 12.6. The molecule has 0 heterocycles. The summed E-state index contributed by atoms with van der Waals surface area (Å²) in [4.78, 5) is 0. The van der Waals surface area contributed by atoms with Crippen LogP contribution in [0.15, 0.2) is 18.2 Å². The molecule has 2 unspecified atom stereocenters. The van der Waals surface area contributed by atoms with Crippen molar-refractivity contribution in [2.75, 3.05) is 7.11 Å². The highest BCUT2D eigenvalue weighted by Crippen LogP contribution is 2.39. The van der Waals surface area contributed by atoms with E-state index in [1.165, 1.54) is 11.1 Å². The van der Waals surface area contributed by atoms with E-state index >= 15 is 0 Å². The molecule has 17 heavy (non-hydrogen) atoms. The van der Waals surface area contributed by atoms with Crippen LogP contribution in [0.2, 0.25) is 0 Å². The maximum Gasteiger partial charge on any atom is 0.0923 e. The highest BCUT2D eigenvalue weighted by molar-refractivity contribution is 5.35. The van der Waals surface area contributed by atoms with Crippen LogP contribution in [-0.4, -0.2) is 18.3 Å². The van der Waals surface area contributed by atoms with E-state index in [1.807, 2.05) is 0 Å². The molecule has 0 saturated heterocycles. The van der Waals surface area contributed by atoms with E-state index in [0.29, 0.717) is 6.42 Å². The third-order valence-electron chi connectivity index (χ3n) is 3.90. The number of aryl methyl sites for hydroxylation is 2. The Morgan fingerprint density at radius 3 is 2.76 bits per heavy atom. The highest BCUT2D eigenvalue weighted by Gasteiger charge is 2.36. The second-order valence-corrected chi connectivity index (χ2v) is 5.30. The van der Waals surface area contributed by atoms with Crippen LogP contribution in [0.25, 0.3) is 0 Å². The Labute approximate surface area is 104 Å². The van der Waals surface area contributed by atoms with Gasteiger partial charge in [-0.1, -0.05) is 23.8 Å². The summed E-state index contributed by atoms with van der Waals surface area (Å²) in [6.45, 7) is 4.16. The summed E-state index contributed by atoms with van der Waals surface area (Å²) in [7, 11) is 1.73. The number of methoxy groups -OCH3 is 1. The van der Waals surface area contributed by atoms with Gasteiger partial charge in [0, 0.05) is 13.5 Å². The molecule has 1 aromatic carbocycles. The molecule has 2 rings (SSSR count). The molecule has 0 aliphatic heterocycles. The van der Waals surface area contributed by atoms with E-state index in [4.69, 9.17) is 4.74 Å². The molecule has 1 aromatic rings. The molecule has 1 fully saturated rings. The number of aliphatic hydroxyl groups is 1. The van der Waals surface area contributed by atoms with Crippen molar-refractivity contribution in [3.8, 4) is 0 Å². The van der Waals surface area contributed by atoms with Crippen molar-refractivity contribution < 1.29 is 9.84 Å². The van der Waals surface area contributed by atoms with Crippen LogP contribution in [0, 0.1) is 13.8 Å². The third-order valence-corrected chi connectivity index (χ3v) is 3.90. The highest BCUT2D eigenvalue weighted by atomic mass is 16.5. The molecule has 2 heteroatoms. The number of hydrogen-bond acceptors (Lipinski definition) is 2. The molecular weight excluding hydrogens is 212 g/mol. The lowest BCUT2D eigenvalue weighted by atomic mass is 9.76. The number of rotatable bonds is 2. The second kappa shape index (κ2) is 4.79. The molecule has 1 aliphatic carbocycles. The Kier molecular flexibility index (Phi) is 3.55. The van der Waals surface area contributed by atoms with Gasteiger partial charge in [-0.15, -0.1) is 0 Å². The van der Waals surface area contributed by atoms with Gasteiger partial charge in [-0.25, -0.2) is 0 Å². The van der Waals surface area contributed by atoms with Crippen LogP contribution in [0.3, 0.4) is 0 Å². The van der Waals surface area contributed by atoms with Crippen LogP contribution in [0.1, 0.15) is 42.4 Å². The molecule has 1 N–H and O–H groups in total. The summed E-state index contributed by atoms with van der Waals surface area (Å²) in [6.07, 6.45) is 3.84. The molecule has 1 aliphatic rings. The van der Waals surface area contributed by atoms with Crippen LogP contribution in [0.5, 0.6) is 0 Å². The molecule has 0 spiro atoms. The molecule has 2 atom stereocenters. The topological polar surface area (TPSA) is 29.5 Å². The quantitative estimate of drug-likeness (QED) is 0.852. The molecule has 2 nitrogen and oxygen atoms in total. The standard InChI is InChI=1S/C15H22O2/c1-11-6-7-14(12(2)9-11)15(16)8-4-5-13(10-15)17-3/h6-7,9,13,16H,4-5,8,10H2,1-3H3. The molecule has 0 radical (unpaired) electrons. The van der Waals surface area contributed by atoms with E-state index < -0.39 is 5.60 Å². The smallest absolute Gasteiger partial charge is 0.0923 e. The summed E-state index contributed by atoms with van der Waals surface area (Å²) in [6, 6.07) is 6.29. The first-order chi connectivity index (χ1) is 8.05. The maximum atomic E-state index is 10.8. The van der Waals surface area contributed by atoms with Gasteiger partial charge in [-0.3, -0.25) is 0 Å². The first-order valence-electron chi connectivity index (χ1n) is 6.38. The van der Waals surface area contributed by atoms with Gasteiger partial charge in [0.15, 0.2) is 0 Å². The predicted molar refractivity (Wildman–Crippen MR) is 69.1 cm³/mol. The minimum Gasteiger partial charge on any atom is -0.385 e. The van der Waals surface area contributed by atoms with Gasteiger partial charge < -0.3 is 9.84 Å². The fourth-order valence-electron chi connectivity index (χ4n) is 2.98. The largest absolute Gasteiger partial charge is 0.385 e. The van der Waals surface area contributed by atoms with Crippen LogP contribution in [-0.2, 0) is 10.3 Å². The van der Waals surface area contributed by atoms with Gasteiger partial charge in [0.2, 0.25) is 0 Å². The summed E-state index contributed by atoms with van der Waals surface area (Å²) < 4.78 is 5.41. The van der Waals surface area contributed by atoms with Gasteiger partial charge in [0.05, 0.1) is 11.7 Å². The molecular formula is C15H22O2. The number of ether oxygens (including phenoxy) is 1. The van der Waals surface area contributed by atoms with Gasteiger partial charge in [0.25, 0.3) is 0 Å². The Morgan fingerprint density at radius 1 is 1.35 bits per heavy atom. The third kappa shape index (κ3) is 2.53. The monoisotopic (exact) mass is 234 g/mol. The van der Waals surface area contributed by atoms with Crippen molar-refractivity contribution in [1.82, 2.24) is 0 Å². The summed E-state index contributed by atoms with van der Waals surface area (Å²) in [5, 5.41) is 10.8. The summed E-state index contributed by atoms with van der Waals surface area (Å²) in [5.41, 5.74) is 2.81. The predicted octanol–water partition coefficient (Wildman–Crippen LogP) is 3.08. The number of benzene rings is 1. The van der Waals surface area contributed by atoms with E-state index in [9.17, 15) is 5.11 Å².